The Bertz CT molecular complexity index is 3070. The van der Waals surface area contributed by atoms with Crippen molar-refractivity contribution in [2.24, 2.45) is 4.99 Å². The molecule has 1 aromatic heterocycles. The first-order valence-corrected chi connectivity index (χ1v) is 26.6. The van der Waals surface area contributed by atoms with E-state index >= 15 is 0 Å². The second kappa shape index (κ2) is 24.8. The van der Waals surface area contributed by atoms with Crippen LogP contribution in [0.3, 0.4) is 0 Å². The van der Waals surface area contributed by atoms with Gasteiger partial charge in [0.25, 0.3) is 11.8 Å². The van der Waals surface area contributed by atoms with E-state index < -0.39 is 51.8 Å². The lowest BCUT2D eigenvalue weighted by Crippen LogP contribution is -2.54. The van der Waals surface area contributed by atoms with Gasteiger partial charge in [-0.2, -0.15) is 15.0 Å². The van der Waals surface area contributed by atoms with Crippen LogP contribution in [0.25, 0.3) is 0 Å². The highest BCUT2D eigenvalue weighted by molar-refractivity contribution is 7.90. The zero-order valence-corrected chi connectivity index (χ0v) is 43.8. The van der Waals surface area contributed by atoms with Crippen molar-refractivity contribution in [2.45, 2.75) is 43.0 Å². The number of carbonyl (C=O) groups excluding carboxylic acids is 4. The number of nitrogens with zero attached hydrogens (tertiary/aromatic N) is 7. The smallest absolute Gasteiger partial charge is 0.467 e. The first-order chi connectivity index (χ1) is 37.0. The fourth-order valence-corrected chi connectivity index (χ4v) is 9.71. The second-order valence-corrected chi connectivity index (χ2v) is 20.1. The molecule has 5 heterocycles. The quantitative estimate of drug-likeness (QED) is 0.0297. The molecule has 8 rings (SSSR count). The van der Waals surface area contributed by atoms with Crippen molar-refractivity contribution in [2.75, 3.05) is 113 Å². The molecule has 410 valence electrons. The summed E-state index contributed by atoms with van der Waals surface area (Å²) in [4.78, 5) is 73.2. The Hall–Kier alpha value is -7.36. The Balaban J connectivity index is 0.796. The summed E-state index contributed by atoms with van der Waals surface area (Å²) in [5.41, 5.74) is 1.52. The third-order valence-corrected chi connectivity index (χ3v) is 13.9. The van der Waals surface area contributed by atoms with E-state index in [-0.39, 0.29) is 86.6 Å². The minimum absolute atomic E-state index is 0.00675. The first kappa shape index (κ1) is 55.9. The Labute approximate surface area is 446 Å². The predicted molar refractivity (Wildman–Crippen MR) is 278 cm³/mol. The summed E-state index contributed by atoms with van der Waals surface area (Å²) in [5, 5.41) is 11.8. The number of hydrogen-bond donors (Lipinski definition) is 4. The molecule has 0 spiro atoms. The van der Waals surface area contributed by atoms with Crippen molar-refractivity contribution in [3.05, 3.63) is 94.2 Å². The van der Waals surface area contributed by atoms with Crippen LogP contribution in [-0.2, 0) is 33.6 Å². The Morgan fingerprint density at radius 1 is 0.935 bits per heavy atom. The number of allylic oxidation sites excluding steroid dienone is 3. The largest absolute Gasteiger partial charge is 0.586 e. The van der Waals surface area contributed by atoms with Gasteiger partial charge in [0.2, 0.25) is 23.7 Å². The molecule has 4 N–H and O–H groups in total. The maximum atomic E-state index is 14.4. The number of nitrogens with one attached hydrogen (secondary N) is 4. The molecule has 77 heavy (non-hydrogen) atoms. The van der Waals surface area contributed by atoms with Gasteiger partial charge in [-0.25, -0.2) is 8.42 Å². The summed E-state index contributed by atoms with van der Waals surface area (Å²) in [6.45, 7) is 10.9. The number of piperazine rings is 1. The van der Waals surface area contributed by atoms with Crippen molar-refractivity contribution < 1.29 is 64.8 Å². The highest BCUT2D eigenvalue weighted by Gasteiger charge is 2.47. The van der Waals surface area contributed by atoms with E-state index in [1.807, 2.05) is 4.90 Å². The van der Waals surface area contributed by atoms with E-state index in [2.05, 4.69) is 52.8 Å². The number of aromatic nitrogens is 3. The molecule has 27 heteroatoms. The number of alkyl halides is 2. The van der Waals surface area contributed by atoms with Crippen LogP contribution in [-0.4, -0.2) is 168 Å². The first-order valence-electron chi connectivity index (χ1n) is 24.3. The lowest BCUT2D eigenvalue weighted by atomic mass is 10.0. The van der Waals surface area contributed by atoms with Crippen LogP contribution >= 0.6 is 11.6 Å². The van der Waals surface area contributed by atoms with E-state index in [1.54, 1.807) is 31.2 Å². The van der Waals surface area contributed by atoms with Gasteiger partial charge >= 0.3 is 12.3 Å². The number of ether oxygens (including phenoxy) is 6. The molecule has 0 bridgehead atoms. The van der Waals surface area contributed by atoms with E-state index in [0.717, 1.165) is 11.2 Å². The number of amides is 4. The zero-order chi connectivity index (χ0) is 54.9. The predicted octanol–water partition coefficient (Wildman–Crippen LogP) is 4.91. The molecule has 0 saturated carbocycles. The third-order valence-electron chi connectivity index (χ3n) is 12.5. The van der Waals surface area contributed by atoms with Gasteiger partial charge in [0.1, 0.15) is 6.04 Å². The number of methoxy groups -OCH3 is 1. The fraction of sp³-hybridized carbons (Fsp3) is 0.400. The van der Waals surface area contributed by atoms with Gasteiger partial charge in [-0.1, -0.05) is 35.9 Å². The number of imide groups is 2. The van der Waals surface area contributed by atoms with Crippen molar-refractivity contribution in [3.63, 3.8) is 0 Å². The molecule has 2 fully saturated rings. The van der Waals surface area contributed by atoms with E-state index in [1.165, 1.54) is 49.6 Å². The van der Waals surface area contributed by atoms with Gasteiger partial charge in [-0.05, 0) is 62.5 Å². The highest BCUT2D eigenvalue weighted by atomic mass is 35.5. The molecule has 2 saturated heterocycles. The number of aliphatic imine (C=N–C) groups is 1. The Morgan fingerprint density at radius 2 is 1.66 bits per heavy atom. The van der Waals surface area contributed by atoms with Crippen LogP contribution in [0, 0.1) is 0 Å². The molecule has 0 aliphatic carbocycles. The van der Waals surface area contributed by atoms with Crippen molar-refractivity contribution in [1.29, 1.82) is 0 Å². The highest BCUT2D eigenvalue weighted by Crippen LogP contribution is 2.48. The molecule has 4 amide bonds. The maximum Gasteiger partial charge on any atom is 0.586 e. The second-order valence-electron chi connectivity index (χ2n) is 17.6. The van der Waals surface area contributed by atoms with Crippen LogP contribution in [0.2, 0.25) is 0 Å². The molecule has 0 radical (unpaired) electrons. The van der Waals surface area contributed by atoms with E-state index in [9.17, 15) is 36.4 Å². The summed E-state index contributed by atoms with van der Waals surface area (Å²) in [5.74, 6) is -2.46. The van der Waals surface area contributed by atoms with Crippen molar-refractivity contribution >= 4 is 80.7 Å². The number of benzene rings is 3. The monoisotopic (exact) mass is 1110 g/mol. The zero-order valence-electron chi connectivity index (χ0n) is 42.2. The minimum Gasteiger partial charge on any atom is -0.467 e. The van der Waals surface area contributed by atoms with Crippen LogP contribution in [0.5, 0.6) is 17.5 Å². The average Bonchev–Trinajstić information content (AvgIpc) is 3.89. The van der Waals surface area contributed by atoms with Crippen molar-refractivity contribution in [1.82, 2.24) is 30.1 Å². The number of anilines is 5. The average molecular weight is 1110 g/mol. The van der Waals surface area contributed by atoms with Gasteiger partial charge in [0.05, 0.1) is 90.9 Å². The van der Waals surface area contributed by atoms with Crippen LogP contribution in [0.4, 0.5) is 37.7 Å². The molecule has 23 nitrogen and oxygen atoms in total. The maximum absolute atomic E-state index is 14.4. The summed E-state index contributed by atoms with van der Waals surface area (Å²) < 4.78 is 86.9. The summed E-state index contributed by atoms with van der Waals surface area (Å²) in [7, 11) is -2.35. The van der Waals surface area contributed by atoms with Crippen LogP contribution in [0.15, 0.2) is 87.4 Å². The van der Waals surface area contributed by atoms with E-state index in [0.29, 0.717) is 83.9 Å². The summed E-state index contributed by atoms with van der Waals surface area (Å²) in [6.07, 6.45) is 0.431. The minimum atomic E-state index is -3.94. The van der Waals surface area contributed by atoms with Gasteiger partial charge < -0.3 is 49.3 Å². The van der Waals surface area contributed by atoms with Gasteiger partial charge in [-0.15, -0.1) is 8.78 Å². The lowest BCUT2D eigenvalue weighted by Gasteiger charge is -2.34. The SMILES string of the molecule is C=N/C(=C(Cl)\C=C/C)[C@@H](Nc1ccc(S(C)(=O)=O)cc1Nc1nc(OC)nc(N2CCN(CCOCCOCCOCCNc3cccc4c3C(=O)N(C3CCC(=O)NC3=O)C4=O)CC2)n1)c1cccc2c1OC(F)(F)O2. The number of para-hydroxylation sites is 1. The Morgan fingerprint density at radius 3 is 2.36 bits per heavy atom. The number of sulfone groups is 1. The van der Waals surface area contributed by atoms with Gasteiger partial charge in [0, 0.05) is 63.2 Å². The number of hydrogen-bond acceptors (Lipinski definition) is 21. The van der Waals surface area contributed by atoms with Crippen molar-refractivity contribution in [3.8, 4) is 17.5 Å². The van der Waals surface area contributed by atoms with Crippen LogP contribution in [0.1, 0.15) is 52.1 Å². The molecule has 4 aliphatic rings. The van der Waals surface area contributed by atoms with E-state index in [4.69, 9.17) is 40.0 Å². The number of fused-ring (bicyclic) bond motifs is 2. The fourth-order valence-electron chi connectivity index (χ4n) is 8.77. The molecule has 4 aliphatic heterocycles. The van der Waals surface area contributed by atoms with Crippen LogP contribution < -0.4 is 40.4 Å². The summed E-state index contributed by atoms with van der Waals surface area (Å²) >= 11 is 6.68. The standard InChI is InChI=1S/C50H56ClF2N11O12S/c1-5-8-33(51)42(54-2)41(32-10-7-12-38-43(32)76-50(52,53)75-38)56-34-14-13-30(77(4,69)70)29-36(34)57-47-59-48(61-49(60-47)71-3)63-20-18-62(19-21-63)22-24-73-26-28-74-27-25-72-23-17-55-35-11-6-9-31-40(35)46(68)64(45(31)67)37-15-16-39(65)58-44(37)66/h5-14,29,37,41,55-56H,2,15-28H2,1,3-4H3,(H,58,65,66)(H,57,59,60,61)/b8-5-,42-33+/t37?,41-/m0/s1. The Kier molecular flexibility index (Phi) is 18.0. The lowest BCUT2D eigenvalue weighted by molar-refractivity contribution is -0.287. The molecular formula is C50H56ClF2N11O12S. The molecule has 1 unspecified atom stereocenters. The third kappa shape index (κ3) is 13.4. The molecule has 4 aromatic rings. The molecule has 2 atom stereocenters. The van der Waals surface area contributed by atoms with Gasteiger partial charge in [0.15, 0.2) is 21.3 Å². The summed E-state index contributed by atoms with van der Waals surface area (Å²) in [6, 6.07) is 11.3. The number of piperidine rings is 1. The van der Waals surface area contributed by atoms with Gasteiger partial charge in [-0.3, -0.25) is 39.3 Å². The number of carbonyl (C=O) groups is 4. The molecule has 3 aromatic carbocycles. The number of halogens is 3. The number of rotatable bonds is 25. The molecular weight excluding hydrogens is 1050 g/mol. The normalized spacial score (nSPS) is 18.0. The topological polar surface area (TPSA) is 267 Å².